The van der Waals surface area contributed by atoms with Crippen LogP contribution in [0.1, 0.15) is 32.1 Å². The van der Waals surface area contributed by atoms with Crippen LogP contribution in [-0.2, 0) is 9.53 Å². The monoisotopic (exact) mass is 325 g/mol. The Morgan fingerprint density at radius 3 is 2.87 bits per heavy atom. The highest BCUT2D eigenvalue weighted by Gasteiger charge is 2.51. The van der Waals surface area contributed by atoms with Crippen molar-refractivity contribution < 1.29 is 14.6 Å². The molecule has 6 nitrogen and oxygen atoms in total. The Morgan fingerprint density at radius 1 is 1.35 bits per heavy atom. The summed E-state index contributed by atoms with van der Waals surface area (Å²) in [6.45, 7) is 5.77. The molecule has 2 atom stereocenters. The number of β-amino-alcohol motifs (C(OH)–C–C–N with tert-alkyl or cyclic N) is 1. The number of methoxy groups -OCH3 is 1. The number of amides is 1. The van der Waals surface area contributed by atoms with Crippen molar-refractivity contribution in [1.29, 1.82) is 0 Å². The molecule has 6 heteroatoms. The number of piperidine rings is 1. The Morgan fingerprint density at radius 2 is 2.17 bits per heavy atom. The largest absolute Gasteiger partial charge is 0.391 e. The highest BCUT2D eigenvalue weighted by Crippen LogP contribution is 2.53. The van der Waals surface area contributed by atoms with E-state index >= 15 is 0 Å². The summed E-state index contributed by atoms with van der Waals surface area (Å²) in [6.07, 6.45) is 4.84. The van der Waals surface area contributed by atoms with Gasteiger partial charge in [0.25, 0.3) is 0 Å². The summed E-state index contributed by atoms with van der Waals surface area (Å²) >= 11 is 0. The number of hydrogen-bond acceptors (Lipinski definition) is 5. The second kappa shape index (κ2) is 7.47. The lowest BCUT2D eigenvalue weighted by Gasteiger charge is -2.38. The molecule has 0 aromatic heterocycles. The molecule has 3 fully saturated rings. The molecule has 2 N–H and O–H groups in total. The molecular weight excluding hydrogens is 294 g/mol. The maximum Gasteiger partial charge on any atom is 0.224 e. The van der Waals surface area contributed by atoms with E-state index in [1.807, 2.05) is 4.90 Å². The lowest BCUT2D eigenvalue weighted by molar-refractivity contribution is -0.134. The number of aliphatic hydroxyl groups is 1. The van der Waals surface area contributed by atoms with Crippen LogP contribution in [0.4, 0.5) is 0 Å². The standard InChI is InChI=1S/C17H31N3O3/c1-23-13-14(20-11-8-18-7-2-16(20)22)3-9-19-10-6-17(4-5-17)15(21)12-19/h14-15,18,21H,2-13H2,1H3/t14-,15-/m1/s1. The molecule has 0 unspecified atom stereocenters. The molecule has 1 spiro atoms. The van der Waals surface area contributed by atoms with Crippen LogP contribution >= 0.6 is 0 Å². The molecule has 3 rings (SSSR count). The fourth-order valence-electron chi connectivity index (χ4n) is 4.05. The predicted octanol–water partition coefficient (Wildman–Crippen LogP) is 0.0602. The van der Waals surface area contributed by atoms with Crippen LogP contribution in [0.5, 0.6) is 0 Å². The molecule has 0 radical (unpaired) electrons. The van der Waals surface area contributed by atoms with E-state index in [1.165, 1.54) is 12.8 Å². The van der Waals surface area contributed by atoms with Crippen molar-refractivity contribution in [3.63, 3.8) is 0 Å². The van der Waals surface area contributed by atoms with Crippen molar-refractivity contribution in [3.05, 3.63) is 0 Å². The van der Waals surface area contributed by atoms with E-state index in [2.05, 4.69) is 10.2 Å². The minimum Gasteiger partial charge on any atom is -0.391 e. The number of carbonyl (C=O) groups excluding carboxylic acids is 1. The normalized spacial score (nSPS) is 29.6. The van der Waals surface area contributed by atoms with Gasteiger partial charge in [-0.3, -0.25) is 4.79 Å². The van der Waals surface area contributed by atoms with Gasteiger partial charge >= 0.3 is 0 Å². The fourth-order valence-corrected chi connectivity index (χ4v) is 4.05. The first-order chi connectivity index (χ1) is 11.1. The van der Waals surface area contributed by atoms with E-state index < -0.39 is 0 Å². The van der Waals surface area contributed by atoms with Crippen molar-refractivity contribution in [3.8, 4) is 0 Å². The minimum absolute atomic E-state index is 0.140. The van der Waals surface area contributed by atoms with Crippen LogP contribution in [0.2, 0.25) is 0 Å². The number of rotatable bonds is 6. The van der Waals surface area contributed by atoms with Crippen LogP contribution in [0.3, 0.4) is 0 Å². The van der Waals surface area contributed by atoms with Gasteiger partial charge in [0.05, 0.1) is 18.8 Å². The van der Waals surface area contributed by atoms with Gasteiger partial charge in [0.15, 0.2) is 0 Å². The molecule has 1 amide bonds. The molecule has 0 aromatic rings. The summed E-state index contributed by atoms with van der Waals surface area (Å²) in [6, 6.07) is 0.140. The Bertz CT molecular complexity index is 414. The number of nitrogens with zero attached hydrogens (tertiary/aromatic N) is 2. The van der Waals surface area contributed by atoms with Crippen molar-refractivity contribution in [2.24, 2.45) is 5.41 Å². The number of hydrogen-bond donors (Lipinski definition) is 2. The van der Waals surface area contributed by atoms with Gasteiger partial charge in [-0.15, -0.1) is 0 Å². The van der Waals surface area contributed by atoms with Gasteiger partial charge < -0.3 is 25.0 Å². The lowest BCUT2D eigenvalue weighted by atomic mass is 9.90. The maximum atomic E-state index is 12.3. The quantitative estimate of drug-likeness (QED) is 0.723. The topological polar surface area (TPSA) is 65.0 Å². The van der Waals surface area contributed by atoms with Gasteiger partial charge in [-0.05, 0) is 37.6 Å². The van der Waals surface area contributed by atoms with Crippen molar-refractivity contribution in [2.75, 3.05) is 53.0 Å². The second-order valence-corrected chi connectivity index (χ2v) is 7.41. The minimum atomic E-state index is -0.166. The lowest BCUT2D eigenvalue weighted by Crippen LogP contribution is -2.48. The van der Waals surface area contributed by atoms with Crippen molar-refractivity contribution >= 4 is 5.91 Å². The molecule has 2 heterocycles. The fraction of sp³-hybridized carbons (Fsp3) is 0.941. The SMILES string of the molecule is COC[C@@H](CCN1CCC2(CC2)[C@H](O)C1)N1CCNCCC1=O. The predicted molar refractivity (Wildman–Crippen MR) is 88.2 cm³/mol. The van der Waals surface area contributed by atoms with Crippen LogP contribution in [0, 0.1) is 5.41 Å². The average molecular weight is 325 g/mol. The molecule has 1 saturated carbocycles. The van der Waals surface area contributed by atoms with Crippen LogP contribution in [-0.4, -0.2) is 85.9 Å². The van der Waals surface area contributed by atoms with E-state index in [0.29, 0.717) is 13.0 Å². The first-order valence-corrected chi connectivity index (χ1v) is 9.04. The molecule has 132 valence electrons. The summed E-state index contributed by atoms with van der Waals surface area (Å²) < 4.78 is 5.37. The Labute approximate surface area is 139 Å². The molecule has 2 saturated heterocycles. The summed E-state index contributed by atoms with van der Waals surface area (Å²) in [7, 11) is 1.70. The average Bonchev–Trinajstić information content (AvgIpc) is 3.33. The highest BCUT2D eigenvalue weighted by atomic mass is 16.5. The third-order valence-electron chi connectivity index (χ3n) is 5.90. The Hall–Kier alpha value is -0.690. The van der Waals surface area contributed by atoms with Gasteiger partial charge in [0.2, 0.25) is 5.91 Å². The zero-order chi connectivity index (χ0) is 16.3. The van der Waals surface area contributed by atoms with Gasteiger partial charge in [-0.2, -0.15) is 0 Å². The van der Waals surface area contributed by atoms with Crippen LogP contribution < -0.4 is 5.32 Å². The van der Waals surface area contributed by atoms with Gasteiger partial charge in [-0.25, -0.2) is 0 Å². The van der Waals surface area contributed by atoms with Crippen molar-refractivity contribution in [1.82, 2.24) is 15.1 Å². The summed E-state index contributed by atoms with van der Waals surface area (Å²) in [5.41, 5.74) is 0.259. The van der Waals surface area contributed by atoms with E-state index in [0.717, 1.165) is 52.1 Å². The molecule has 3 aliphatic rings. The summed E-state index contributed by atoms with van der Waals surface area (Å²) in [5, 5.41) is 13.6. The Kier molecular flexibility index (Phi) is 5.57. The summed E-state index contributed by atoms with van der Waals surface area (Å²) in [5.74, 6) is 0.229. The second-order valence-electron chi connectivity index (χ2n) is 7.41. The van der Waals surface area contributed by atoms with E-state index in [4.69, 9.17) is 4.74 Å². The smallest absolute Gasteiger partial charge is 0.224 e. The number of carbonyl (C=O) groups is 1. The number of aliphatic hydroxyl groups excluding tert-OH is 1. The van der Waals surface area contributed by atoms with E-state index in [1.54, 1.807) is 7.11 Å². The molecular formula is C17H31N3O3. The molecule has 1 aliphatic carbocycles. The number of nitrogens with one attached hydrogen (secondary N) is 1. The third-order valence-corrected chi connectivity index (χ3v) is 5.90. The van der Waals surface area contributed by atoms with Gasteiger partial charge in [-0.1, -0.05) is 0 Å². The van der Waals surface area contributed by atoms with E-state index in [-0.39, 0.29) is 23.5 Å². The number of likely N-dealkylation sites (tertiary alicyclic amines) is 1. The van der Waals surface area contributed by atoms with Crippen molar-refractivity contribution in [2.45, 2.75) is 44.2 Å². The maximum absolute atomic E-state index is 12.3. The summed E-state index contributed by atoms with van der Waals surface area (Å²) in [4.78, 5) is 16.7. The van der Waals surface area contributed by atoms with Gasteiger partial charge in [0.1, 0.15) is 0 Å². The molecule has 0 aromatic carbocycles. The third kappa shape index (κ3) is 4.05. The number of ether oxygens (including phenoxy) is 1. The zero-order valence-electron chi connectivity index (χ0n) is 14.3. The Balaban J connectivity index is 1.51. The molecule has 0 bridgehead atoms. The molecule has 23 heavy (non-hydrogen) atoms. The first-order valence-electron chi connectivity index (χ1n) is 9.04. The molecule has 2 aliphatic heterocycles. The highest BCUT2D eigenvalue weighted by molar-refractivity contribution is 5.77. The van der Waals surface area contributed by atoms with Gasteiger partial charge in [0, 0.05) is 46.3 Å². The first kappa shape index (κ1) is 17.1. The van der Waals surface area contributed by atoms with Crippen LogP contribution in [0.25, 0.3) is 0 Å². The van der Waals surface area contributed by atoms with Crippen LogP contribution in [0.15, 0.2) is 0 Å². The van der Waals surface area contributed by atoms with E-state index in [9.17, 15) is 9.90 Å². The zero-order valence-corrected chi connectivity index (χ0v) is 14.3.